The third kappa shape index (κ3) is 7.53. The van der Waals surface area contributed by atoms with Crippen molar-refractivity contribution in [1.29, 1.82) is 0 Å². The van der Waals surface area contributed by atoms with Crippen molar-refractivity contribution in [2.75, 3.05) is 6.54 Å². The van der Waals surface area contributed by atoms with Gasteiger partial charge in [0.25, 0.3) is 0 Å². The van der Waals surface area contributed by atoms with Gasteiger partial charge in [-0.2, -0.15) is 0 Å². The average Bonchev–Trinajstić information content (AvgIpc) is 2.71. The zero-order valence-electron chi connectivity index (χ0n) is 20.4. The predicted octanol–water partition coefficient (Wildman–Crippen LogP) is 4.25. The number of amides is 3. The van der Waals surface area contributed by atoms with Crippen LogP contribution in [0.3, 0.4) is 0 Å². The summed E-state index contributed by atoms with van der Waals surface area (Å²) in [6, 6.07) is 6.20. The number of hydrogen-bond donors (Lipinski definition) is 2. The Morgan fingerprint density at radius 3 is 2.22 bits per heavy atom. The van der Waals surface area contributed by atoms with Gasteiger partial charge in [0, 0.05) is 12.6 Å². The number of carbonyl (C=O) groups is 3. The molecule has 178 valence electrons. The monoisotopic (exact) mass is 445 g/mol. The average molecular weight is 446 g/mol. The first-order chi connectivity index (χ1) is 15.0. The van der Waals surface area contributed by atoms with Crippen molar-refractivity contribution in [3.05, 3.63) is 35.4 Å². The molecule has 1 aromatic rings. The molecule has 0 heterocycles. The predicted molar refractivity (Wildman–Crippen MR) is 125 cm³/mol. The zero-order chi connectivity index (χ0) is 23.9. The molecule has 3 amide bonds. The molecule has 0 aliphatic heterocycles. The van der Waals surface area contributed by atoms with Crippen LogP contribution >= 0.6 is 0 Å². The number of benzene rings is 1. The van der Waals surface area contributed by atoms with E-state index in [0.717, 1.165) is 36.8 Å². The van der Waals surface area contributed by atoms with Crippen molar-refractivity contribution in [2.24, 2.45) is 0 Å². The van der Waals surface area contributed by atoms with Gasteiger partial charge in [-0.15, -0.1) is 0 Å². The summed E-state index contributed by atoms with van der Waals surface area (Å²) in [5.41, 5.74) is 1.17. The summed E-state index contributed by atoms with van der Waals surface area (Å²) in [4.78, 5) is 40.5. The highest BCUT2D eigenvalue weighted by atomic mass is 16.6. The Balaban J connectivity index is 2.23. The minimum absolute atomic E-state index is 0.135. The van der Waals surface area contributed by atoms with Crippen LogP contribution in [0.5, 0.6) is 0 Å². The van der Waals surface area contributed by atoms with Crippen LogP contribution in [0, 0.1) is 6.92 Å². The smallest absolute Gasteiger partial charge is 0.408 e. The summed E-state index contributed by atoms with van der Waals surface area (Å²) in [7, 11) is 0. The first-order valence-electron chi connectivity index (χ1n) is 11.7. The third-order valence-electron chi connectivity index (χ3n) is 5.63. The Kier molecular flexibility index (Phi) is 9.10. The molecule has 2 unspecified atom stereocenters. The maximum Gasteiger partial charge on any atom is 0.408 e. The minimum atomic E-state index is -0.833. The number of nitrogens with zero attached hydrogens (tertiary/aromatic N) is 1. The van der Waals surface area contributed by atoms with Gasteiger partial charge in [-0.1, -0.05) is 49.1 Å². The van der Waals surface area contributed by atoms with Gasteiger partial charge in [0.1, 0.15) is 17.7 Å². The Morgan fingerprint density at radius 1 is 1.09 bits per heavy atom. The SMILES string of the molecule is CCN(C(=O)C(C)NC(=O)OC(C)(C)C)C(C(=O)NC1CCCCC1)c1ccc(C)cc1. The van der Waals surface area contributed by atoms with Crippen molar-refractivity contribution in [1.82, 2.24) is 15.5 Å². The minimum Gasteiger partial charge on any atom is -0.444 e. The van der Waals surface area contributed by atoms with Crippen LogP contribution < -0.4 is 10.6 Å². The summed E-state index contributed by atoms with van der Waals surface area (Å²) >= 11 is 0. The van der Waals surface area contributed by atoms with Gasteiger partial charge in [0.05, 0.1) is 0 Å². The maximum absolute atomic E-state index is 13.4. The van der Waals surface area contributed by atoms with Crippen molar-refractivity contribution >= 4 is 17.9 Å². The van der Waals surface area contributed by atoms with Crippen LogP contribution in [0.2, 0.25) is 0 Å². The topological polar surface area (TPSA) is 87.7 Å². The molecule has 7 nitrogen and oxygen atoms in total. The molecule has 1 fully saturated rings. The molecule has 32 heavy (non-hydrogen) atoms. The molecule has 0 spiro atoms. The molecule has 0 saturated heterocycles. The van der Waals surface area contributed by atoms with Crippen LogP contribution in [0.1, 0.15) is 83.9 Å². The summed E-state index contributed by atoms with van der Waals surface area (Å²) < 4.78 is 5.28. The molecule has 2 rings (SSSR count). The summed E-state index contributed by atoms with van der Waals surface area (Å²) in [6.07, 6.45) is 4.67. The fourth-order valence-electron chi connectivity index (χ4n) is 4.01. The van der Waals surface area contributed by atoms with Crippen molar-refractivity contribution in [3.8, 4) is 0 Å². The lowest BCUT2D eigenvalue weighted by atomic mass is 9.94. The number of carbonyl (C=O) groups excluding carboxylic acids is 3. The van der Waals surface area contributed by atoms with E-state index >= 15 is 0 Å². The first-order valence-corrected chi connectivity index (χ1v) is 11.7. The van der Waals surface area contributed by atoms with Gasteiger partial charge in [-0.25, -0.2) is 4.79 Å². The number of hydrogen-bond acceptors (Lipinski definition) is 4. The Bertz CT molecular complexity index is 779. The quantitative estimate of drug-likeness (QED) is 0.657. The Labute approximate surface area is 192 Å². The highest BCUT2D eigenvalue weighted by Gasteiger charge is 2.34. The van der Waals surface area contributed by atoms with E-state index in [2.05, 4.69) is 10.6 Å². The van der Waals surface area contributed by atoms with Crippen LogP contribution in [-0.4, -0.2) is 47.0 Å². The number of alkyl carbamates (subject to hydrolysis) is 1. The van der Waals surface area contributed by atoms with Gasteiger partial charge in [0.2, 0.25) is 11.8 Å². The first kappa shape index (κ1) is 25.7. The van der Waals surface area contributed by atoms with Crippen LogP contribution in [0.4, 0.5) is 4.79 Å². The normalized spacial score (nSPS) is 16.6. The molecule has 1 aliphatic carbocycles. The summed E-state index contributed by atoms with van der Waals surface area (Å²) in [5.74, 6) is -0.511. The van der Waals surface area contributed by atoms with Crippen LogP contribution in [-0.2, 0) is 14.3 Å². The molecule has 2 N–H and O–H groups in total. The molecule has 1 saturated carbocycles. The number of likely N-dealkylation sites (N-methyl/N-ethyl adjacent to an activating group) is 1. The van der Waals surface area contributed by atoms with Gasteiger partial charge in [0.15, 0.2) is 0 Å². The highest BCUT2D eigenvalue weighted by molar-refractivity contribution is 5.92. The lowest BCUT2D eigenvalue weighted by Crippen LogP contribution is -2.52. The molecule has 0 aromatic heterocycles. The standard InChI is InChI=1S/C25H39N3O4/c1-7-28(23(30)18(3)26-24(31)32-25(4,5)6)21(19-15-13-17(2)14-16-19)22(29)27-20-11-9-8-10-12-20/h13-16,18,20-21H,7-12H2,1-6H3,(H,26,31)(H,27,29). The van der Waals surface area contributed by atoms with Crippen molar-refractivity contribution < 1.29 is 19.1 Å². The fraction of sp³-hybridized carbons (Fsp3) is 0.640. The maximum atomic E-state index is 13.4. The molecule has 1 aliphatic rings. The molecule has 7 heteroatoms. The molecule has 1 aromatic carbocycles. The van der Waals surface area contributed by atoms with Crippen molar-refractivity contribution in [3.63, 3.8) is 0 Å². The Morgan fingerprint density at radius 2 is 1.69 bits per heavy atom. The molecule has 2 atom stereocenters. The summed E-state index contributed by atoms with van der Waals surface area (Å²) in [5, 5.41) is 5.77. The van der Waals surface area contributed by atoms with E-state index in [1.165, 1.54) is 11.3 Å². The van der Waals surface area contributed by atoms with Gasteiger partial charge >= 0.3 is 6.09 Å². The number of aryl methyl sites for hydroxylation is 1. The van der Waals surface area contributed by atoms with Gasteiger partial charge in [-0.3, -0.25) is 9.59 Å². The van der Waals surface area contributed by atoms with E-state index in [1.807, 2.05) is 38.1 Å². The zero-order valence-corrected chi connectivity index (χ0v) is 20.4. The lowest BCUT2D eigenvalue weighted by Gasteiger charge is -2.34. The fourth-order valence-corrected chi connectivity index (χ4v) is 4.01. The summed E-state index contributed by atoms with van der Waals surface area (Å²) in [6.45, 7) is 11.1. The number of nitrogens with one attached hydrogen (secondary N) is 2. The van der Waals surface area contributed by atoms with Gasteiger partial charge < -0.3 is 20.3 Å². The van der Waals surface area contributed by atoms with E-state index in [1.54, 1.807) is 27.7 Å². The number of rotatable bonds is 7. The molecule has 0 bridgehead atoms. The van der Waals surface area contributed by atoms with Gasteiger partial charge in [-0.05, 0) is 59.9 Å². The second-order valence-electron chi connectivity index (χ2n) is 9.65. The van der Waals surface area contributed by atoms with E-state index < -0.39 is 23.8 Å². The highest BCUT2D eigenvalue weighted by Crippen LogP contribution is 2.25. The van der Waals surface area contributed by atoms with E-state index in [9.17, 15) is 14.4 Å². The second kappa shape index (κ2) is 11.3. The molecular formula is C25H39N3O4. The van der Waals surface area contributed by atoms with E-state index in [4.69, 9.17) is 4.74 Å². The molecule has 0 radical (unpaired) electrons. The van der Waals surface area contributed by atoms with Crippen LogP contribution in [0.15, 0.2) is 24.3 Å². The second-order valence-corrected chi connectivity index (χ2v) is 9.65. The van der Waals surface area contributed by atoms with Crippen molar-refractivity contribution in [2.45, 2.75) is 97.4 Å². The number of ether oxygens (including phenoxy) is 1. The van der Waals surface area contributed by atoms with E-state index in [-0.39, 0.29) is 17.9 Å². The van der Waals surface area contributed by atoms with E-state index in [0.29, 0.717) is 6.54 Å². The lowest BCUT2D eigenvalue weighted by molar-refractivity contribution is -0.142. The van der Waals surface area contributed by atoms with Crippen LogP contribution in [0.25, 0.3) is 0 Å². The Hall–Kier alpha value is -2.57. The third-order valence-corrected chi connectivity index (χ3v) is 5.63. The molecular weight excluding hydrogens is 406 g/mol. The largest absolute Gasteiger partial charge is 0.444 e.